The fourth-order valence-electron chi connectivity index (χ4n) is 2.36. The van der Waals surface area contributed by atoms with Crippen LogP contribution in [0, 0.1) is 0 Å². The van der Waals surface area contributed by atoms with Crippen molar-refractivity contribution in [2.24, 2.45) is 5.73 Å². The van der Waals surface area contributed by atoms with Gasteiger partial charge in [-0.15, -0.1) is 0 Å². The Hall–Kier alpha value is -1.02. The third-order valence-corrected chi connectivity index (χ3v) is 5.54. The van der Waals surface area contributed by atoms with Crippen LogP contribution in [0.5, 0.6) is 0 Å². The molecule has 0 aliphatic carbocycles. The lowest BCUT2D eigenvalue weighted by molar-refractivity contribution is 0.271. The molecule has 1 atom stereocenters. The van der Waals surface area contributed by atoms with Gasteiger partial charge in [0.1, 0.15) is 4.99 Å². The number of sulfonamides is 1. The Morgan fingerprint density at radius 3 is 2.38 bits per heavy atom. The molecule has 2 N–H and O–H groups in total. The zero-order valence-corrected chi connectivity index (χ0v) is 14.5. The molecule has 0 aromatic heterocycles. The number of nitrogens with zero attached hydrogens (tertiary/aromatic N) is 2. The quantitative estimate of drug-likeness (QED) is 0.764. The maximum Gasteiger partial charge on any atom is 0.244 e. The number of likely N-dealkylation sites (N-methyl/N-ethyl adjacent to an activating group) is 2. The number of hydrogen-bond donors (Lipinski definition) is 1. The second-order valence-electron chi connectivity index (χ2n) is 5.18. The third-order valence-electron chi connectivity index (χ3n) is 3.17. The second-order valence-corrected chi connectivity index (χ2v) is 7.48. The van der Waals surface area contributed by atoms with E-state index >= 15 is 0 Å². The molecule has 5 nitrogen and oxygen atoms in total. The molecule has 0 saturated heterocycles. The van der Waals surface area contributed by atoms with Gasteiger partial charge in [0.15, 0.2) is 0 Å². The highest BCUT2D eigenvalue weighted by molar-refractivity contribution is 7.89. The van der Waals surface area contributed by atoms with E-state index in [0.717, 1.165) is 0 Å². The van der Waals surface area contributed by atoms with E-state index in [0.29, 0.717) is 18.7 Å². The maximum absolute atomic E-state index is 12.9. The van der Waals surface area contributed by atoms with Crippen molar-refractivity contribution < 1.29 is 8.42 Å². The molecule has 1 aromatic carbocycles. The van der Waals surface area contributed by atoms with E-state index in [1.165, 1.54) is 4.31 Å². The predicted molar refractivity (Wildman–Crippen MR) is 89.9 cm³/mol. The molecule has 0 heterocycles. The summed E-state index contributed by atoms with van der Waals surface area (Å²) in [5, 5.41) is 0. The molecular weight excluding hydrogens is 306 g/mol. The van der Waals surface area contributed by atoms with Crippen molar-refractivity contribution in [3.8, 4) is 0 Å². The monoisotopic (exact) mass is 329 g/mol. The van der Waals surface area contributed by atoms with Crippen LogP contribution in [0.15, 0.2) is 29.2 Å². The van der Waals surface area contributed by atoms with E-state index in [4.69, 9.17) is 18.0 Å². The van der Waals surface area contributed by atoms with Crippen molar-refractivity contribution >= 4 is 27.2 Å². The van der Waals surface area contributed by atoms with Crippen LogP contribution in [0.2, 0.25) is 0 Å². The summed E-state index contributed by atoms with van der Waals surface area (Å²) in [7, 11) is 0.201. The highest BCUT2D eigenvalue weighted by atomic mass is 32.2. The van der Waals surface area contributed by atoms with Gasteiger partial charge in [-0.2, -0.15) is 4.31 Å². The molecule has 1 rings (SSSR count). The largest absolute Gasteiger partial charge is 0.389 e. The van der Waals surface area contributed by atoms with E-state index in [1.807, 2.05) is 32.8 Å². The summed E-state index contributed by atoms with van der Waals surface area (Å²) in [5.41, 5.74) is 6.04. The van der Waals surface area contributed by atoms with Crippen LogP contribution in [0.1, 0.15) is 19.4 Å². The number of thiocarbonyl (C=S) groups is 1. The summed E-state index contributed by atoms with van der Waals surface area (Å²) in [4.78, 5) is 2.22. The molecule has 0 aliphatic rings. The molecule has 21 heavy (non-hydrogen) atoms. The molecule has 0 saturated carbocycles. The average Bonchev–Trinajstić information content (AvgIpc) is 2.38. The van der Waals surface area contributed by atoms with E-state index in [9.17, 15) is 8.42 Å². The summed E-state index contributed by atoms with van der Waals surface area (Å²) in [5.74, 6) is 0. The number of benzene rings is 1. The Balaban J connectivity index is 3.29. The van der Waals surface area contributed by atoms with Gasteiger partial charge in [-0.25, -0.2) is 8.42 Å². The Bertz CT molecular complexity index is 600. The van der Waals surface area contributed by atoms with E-state index in [2.05, 4.69) is 0 Å². The summed E-state index contributed by atoms with van der Waals surface area (Å²) >= 11 is 4.96. The average molecular weight is 329 g/mol. The minimum Gasteiger partial charge on any atom is -0.389 e. The Morgan fingerprint density at radius 1 is 1.33 bits per heavy atom. The van der Waals surface area contributed by atoms with Crippen molar-refractivity contribution in [2.75, 3.05) is 27.2 Å². The summed E-state index contributed by atoms with van der Waals surface area (Å²) < 4.78 is 27.3. The van der Waals surface area contributed by atoms with Crippen molar-refractivity contribution in [1.82, 2.24) is 9.21 Å². The topological polar surface area (TPSA) is 66.6 Å². The number of nitrogens with two attached hydrogens (primary N) is 1. The molecule has 0 radical (unpaired) electrons. The molecule has 1 aromatic rings. The first-order valence-corrected chi connectivity index (χ1v) is 8.62. The summed E-state index contributed by atoms with van der Waals surface area (Å²) in [6.07, 6.45) is 0. The molecule has 118 valence electrons. The molecule has 0 amide bonds. The first-order chi connectivity index (χ1) is 9.71. The maximum atomic E-state index is 12.9. The van der Waals surface area contributed by atoms with Crippen LogP contribution >= 0.6 is 12.2 Å². The lowest BCUT2D eigenvalue weighted by Crippen LogP contribution is -2.44. The minimum absolute atomic E-state index is 0.0884. The SMILES string of the molecule is CCN(C(C)CN(C)C)S(=O)(=O)c1ccccc1C(N)=S. The van der Waals surface area contributed by atoms with Crippen molar-refractivity contribution in [2.45, 2.75) is 24.8 Å². The van der Waals surface area contributed by atoms with Crippen molar-refractivity contribution in [3.63, 3.8) is 0 Å². The highest BCUT2D eigenvalue weighted by Crippen LogP contribution is 2.22. The zero-order chi connectivity index (χ0) is 16.2. The molecule has 0 fully saturated rings. The van der Waals surface area contributed by atoms with Gasteiger partial charge in [0, 0.05) is 24.7 Å². The highest BCUT2D eigenvalue weighted by Gasteiger charge is 2.30. The van der Waals surface area contributed by atoms with Gasteiger partial charge in [0.05, 0.1) is 4.90 Å². The van der Waals surface area contributed by atoms with Gasteiger partial charge in [0.2, 0.25) is 10.0 Å². The third kappa shape index (κ3) is 4.23. The molecular formula is C14H23N3O2S2. The smallest absolute Gasteiger partial charge is 0.244 e. The van der Waals surface area contributed by atoms with Gasteiger partial charge >= 0.3 is 0 Å². The van der Waals surface area contributed by atoms with Crippen LogP contribution in [-0.4, -0.2) is 55.8 Å². The standard InChI is InChI=1S/C14H23N3O2S2/c1-5-17(11(2)10-16(3)4)21(18,19)13-9-7-6-8-12(13)14(15)20/h6-9,11H,5,10H2,1-4H3,(H2,15,20). The number of hydrogen-bond acceptors (Lipinski definition) is 4. The summed E-state index contributed by atoms with van der Waals surface area (Å²) in [6.45, 7) is 4.75. The first-order valence-electron chi connectivity index (χ1n) is 6.77. The molecule has 0 aliphatic heterocycles. The second kappa shape index (κ2) is 7.31. The van der Waals surface area contributed by atoms with Gasteiger partial charge in [-0.05, 0) is 27.1 Å². The van der Waals surface area contributed by atoms with E-state index in [-0.39, 0.29) is 15.9 Å². The molecule has 7 heteroatoms. The number of rotatable bonds is 7. The lowest BCUT2D eigenvalue weighted by Gasteiger charge is -2.29. The van der Waals surface area contributed by atoms with E-state index < -0.39 is 10.0 Å². The van der Waals surface area contributed by atoms with Crippen LogP contribution in [-0.2, 0) is 10.0 Å². The fourth-order valence-corrected chi connectivity index (χ4v) is 4.44. The van der Waals surface area contributed by atoms with E-state index in [1.54, 1.807) is 24.3 Å². The molecule has 1 unspecified atom stereocenters. The van der Waals surface area contributed by atoms with Crippen molar-refractivity contribution in [3.05, 3.63) is 29.8 Å². The lowest BCUT2D eigenvalue weighted by atomic mass is 10.2. The Labute approximate surface area is 132 Å². The molecule has 0 spiro atoms. The van der Waals surface area contributed by atoms with Gasteiger partial charge in [0.25, 0.3) is 0 Å². The van der Waals surface area contributed by atoms with Crippen molar-refractivity contribution in [1.29, 1.82) is 0 Å². The Morgan fingerprint density at radius 2 is 1.90 bits per heavy atom. The van der Waals surface area contributed by atoms with Crippen LogP contribution < -0.4 is 5.73 Å². The molecule has 0 bridgehead atoms. The Kier molecular flexibility index (Phi) is 6.27. The fraction of sp³-hybridized carbons (Fsp3) is 0.500. The van der Waals surface area contributed by atoms with Gasteiger partial charge < -0.3 is 10.6 Å². The van der Waals surface area contributed by atoms with Crippen LogP contribution in [0.3, 0.4) is 0 Å². The minimum atomic E-state index is -3.63. The first kappa shape index (κ1) is 18.0. The van der Waals surface area contributed by atoms with Crippen LogP contribution in [0.25, 0.3) is 0 Å². The normalized spacial score (nSPS) is 13.6. The predicted octanol–water partition coefficient (Wildman–Crippen LogP) is 1.28. The zero-order valence-electron chi connectivity index (χ0n) is 12.9. The van der Waals surface area contributed by atoms with Gasteiger partial charge in [-0.3, -0.25) is 0 Å². The van der Waals surface area contributed by atoms with Crippen LogP contribution in [0.4, 0.5) is 0 Å². The van der Waals surface area contributed by atoms with Gasteiger partial charge in [-0.1, -0.05) is 37.3 Å². The summed E-state index contributed by atoms with van der Waals surface area (Å²) in [6, 6.07) is 6.45.